The average molecular weight is 497 g/mol. The first-order chi connectivity index (χ1) is 17.4. The first-order valence-electron chi connectivity index (χ1n) is 12.1. The molecule has 0 bridgehead atoms. The van der Waals surface area contributed by atoms with Gasteiger partial charge in [0.25, 0.3) is 0 Å². The Morgan fingerprint density at radius 3 is 2.42 bits per heavy atom. The van der Waals surface area contributed by atoms with E-state index in [2.05, 4.69) is 72.8 Å². The van der Waals surface area contributed by atoms with E-state index in [0.29, 0.717) is 5.11 Å². The maximum atomic E-state index is 5.92. The number of nitrogens with one attached hydrogen (secondary N) is 1. The van der Waals surface area contributed by atoms with Gasteiger partial charge in [0.1, 0.15) is 0 Å². The van der Waals surface area contributed by atoms with Gasteiger partial charge in [0.15, 0.2) is 16.6 Å². The number of fused-ring (bicyclic) bond motifs is 1. The second-order valence-electron chi connectivity index (χ2n) is 9.54. The van der Waals surface area contributed by atoms with Crippen LogP contribution in [0.1, 0.15) is 45.9 Å². The Morgan fingerprint density at radius 2 is 1.67 bits per heavy atom. The van der Waals surface area contributed by atoms with E-state index >= 15 is 0 Å². The van der Waals surface area contributed by atoms with Crippen molar-refractivity contribution in [2.24, 2.45) is 0 Å². The highest BCUT2D eigenvalue weighted by Crippen LogP contribution is 2.46. The third kappa shape index (κ3) is 3.71. The van der Waals surface area contributed by atoms with Gasteiger partial charge in [-0.25, -0.2) is 0 Å². The Kier molecular flexibility index (Phi) is 5.45. The number of rotatable bonds is 4. The van der Waals surface area contributed by atoms with Gasteiger partial charge in [-0.2, -0.15) is 0 Å². The topological polar surface area (TPSA) is 51.6 Å². The van der Waals surface area contributed by atoms with Crippen molar-refractivity contribution in [1.29, 1.82) is 0 Å². The zero-order chi connectivity index (χ0) is 25.0. The van der Waals surface area contributed by atoms with Gasteiger partial charge in [-0.05, 0) is 99.1 Å². The van der Waals surface area contributed by atoms with Crippen molar-refractivity contribution in [3.8, 4) is 17.2 Å². The summed E-state index contributed by atoms with van der Waals surface area (Å²) in [5.41, 5.74) is 9.13. The summed E-state index contributed by atoms with van der Waals surface area (Å²) in [6, 6.07) is 20.8. The number of nitrogens with zero attached hydrogens (tertiary/aromatic N) is 3. The minimum Gasteiger partial charge on any atom is -0.454 e. The highest BCUT2D eigenvalue weighted by molar-refractivity contribution is 7.80. The molecule has 182 valence electrons. The zero-order valence-corrected chi connectivity index (χ0v) is 21.6. The number of hydrogen-bond donors (Lipinski definition) is 1. The minimum absolute atomic E-state index is 0.0985. The van der Waals surface area contributed by atoms with E-state index in [1.807, 2.05) is 36.5 Å². The highest BCUT2D eigenvalue weighted by Gasteiger charge is 2.42. The number of hydrogen-bond acceptors (Lipinski definition) is 4. The number of anilines is 1. The predicted molar refractivity (Wildman–Crippen MR) is 145 cm³/mol. The van der Waals surface area contributed by atoms with Crippen LogP contribution in [0.25, 0.3) is 5.69 Å². The maximum Gasteiger partial charge on any atom is 0.231 e. The number of pyridine rings is 1. The molecule has 2 aromatic heterocycles. The molecule has 6 nitrogen and oxygen atoms in total. The van der Waals surface area contributed by atoms with E-state index in [1.54, 1.807) is 0 Å². The summed E-state index contributed by atoms with van der Waals surface area (Å²) in [4.78, 5) is 6.88. The fourth-order valence-corrected chi connectivity index (χ4v) is 5.89. The molecule has 2 atom stereocenters. The molecule has 7 heteroatoms. The van der Waals surface area contributed by atoms with Crippen LogP contribution in [0.15, 0.2) is 66.9 Å². The van der Waals surface area contributed by atoms with Gasteiger partial charge in [0, 0.05) is 35.0 Å². The summed E-state index contributed by atoms with van der Waals surface area (Å²) >= 11 is 5.92. The lowest BCUT2D eigenvalue weighted by molar-refractivity contribution is 0.174. The Labute approximate surface area is 216 Å². The number of benzene rings is 2. The lowest BCUT2D eigenvalue weighted by Gasteiger charge is -2.28. The van der Waals surface area contributed by atoms with Crippen LogP contribution in [0.4, 0.5) is 5.69 Å². The van der Waals surface area contributed by atoms with Crippen molar-refractivity contribution in [2.45, 2.75) is 39.8 Å². The second-order valence-corrected chi connectivity index (χ2v) is 9.93. The van der Waals surface area contributed by atoms with Gasteiger partial charge in [0.2, 0.25) is 6.79 Å². The van der Waals surface area contributed by atoms with E-state index in [0.717, 1.165) is 22.9 Å². The fourth-order valence-electron chi connectivity index (χ4n) is 5.55. The smallest absolute Gasteiger partial charge is 0.231 e. The van der Waals surface area contributed by atoms with Crippen LogP contribution < -0.4 is 19.7 Å². The predicted octanol–water partition coefficient (Wildman–Crippen LogP) is 6.01. The van der Waals surface area contributed by atoms with Crippen molar-refractivity contribution in [3.05, 3.63) is 101 Å². The summed E-state index contributed by atoms with van der Waals surface area (Å²) in [5.74, 6) is 1.48. The molecular weight excluding hydrogens is 468 g/mol. The Morgan fingerprint density at radius 1 is 0.889 bits per heavy atom. The lowest BCUT2D eigenvalue weighted by Crippen LogP contribution is -2.29. The highest BCUT2D eigenvalue weighted by atomic mass is 32.1. The second kappa shape index (κ2) is 8.68. The van der Waals surface area contributed by atoms with Crippen molar-refractivity contribution >= 4 is 23.0 Å². The molecule has 0 saturated carbocycles. The molecule has 0 aliphatic carbocycles. The normalized spacial score (nSPS) is 18.6. The average Bonchev–Trinajstić information content (AvgIpc) is 3.53. The molecule has 4 heterocycles. The zero-order valence-electron chi connectivity index (χ0n) is 20.8. The monoisotopic (exact) mass is 496 g/mol. The van der Waals surface area contributed by atoms with Crippen LogP contribution in [0.5, 0.6) is 11.5 Å². The van der Waals surface area contributed by atoms with Crippen molar-refractivity contribution in [1.82, 2.24) is 14.9 Å². The van der Waals surface area contributed by atoms with E-state index in [4.69, 9.17) is 26.7 Å². The molecule has 0 spiro atoms. The molecule has 2 aliphatic heterocycles. The minimum atomic E-state index is -0.114. The van der Waals surface area contributed by atoms with Crippen molar-refractivity contribution < 1.29 is 9.47 Å². The van der Waals surface area contributed by atoms with Crippen LogP contribution in [0.3, 0.4) is 0 Å². The number of ether oxygens (including phenoxy) is 2. The Hall–Kier alpha value is -3.84. The number of aryl methyl sites for hydroxylation is 3. The van der Waals surface area contributed by atoms with Crippen LogP contribution in [0, 0.1) is 27.7 Å². The first kappa shape index (κ1) is 22.6. The van der Waals surface area contributed by atoms with E-state index in [-0.39, 0.29) is 18.9 Å². The summed E-state index contributed by atoms with van der Waals surface area (Å²) in [5, 5.41) is 4.22. The molecule has 2 aromatic carbocycles. The molecule has 1 N–H and O–H groups in total. The molecule has 36 heavy (non-hydrogen) atoms. The quantitative estimate of drug-likeness (QED) is 0.349. The molecule has 1 fully saturated rings. The molecule has 2 aliphatic rings. The molecule has 6 rings (SSSR count). The SMILES string of the molecule is Cc1cc(C)cc(-n2c(C)cc([C@H]3[C@@H](c4ccccn4)NC(=S)N3c3ccc4c(c3)OCO4)c2C)c1. The Bertz CT molecular complexity index is 1460. The van der Waals surface area contributed by atoms with Gasteiger partial charge in [-0.1, -0.05) is 12.1 Å². The molecular formula is C29H28N4O2S. The molecule has 0 amide bonds. The summed E-state index contributed by atoms with van der Waals surface area (Å²) in [6.07, 6.45) is 1.83. The van der Waals surface area contributed by atoms with Crippen LogP contribution in [-0.2, 0) is 0 Å². The van der Waals surface area contributed by atoms with Crippen LogP contribution in [-0.4, -0.2) is 21.5 Å². The lowest BCUT2D eigenvalue weighted by atomic mass is 9.96. The molecule has 0 unspecified atom stereocenters. The summed E-state index contributed by atoms with van der Waals surface area (Å²) in [6.45, 7) is 8.87. The largest absolute Gasteiger partial charge is 0.454 e. The third-order valence-electron chi connectivity index (χ3n) is 6.99. The molecule has 0 radical (unpaired) electrons. The molecule has 1 saturated heterocycles. The van der Waals surface area contributed by atoms with Crippen molar-refractivity contribution in [2.75, 3.05) is 11.7 Å². The Balaban J connectivity index is 1.52. The summed E-state index contributed by atoms with van der Waals surface area (Å²) in [7, 11) is 0. The molecule has 4 aromatic rings. The number of aromatic nitrogens is 2. The fraction of sp³-hybridized carbons (Fsp3) is 0.241. The van der Waals surface area contributed by atoms with Crippen LogP contribution >= 0.6 is 12.2 Å². The van der Waals surface area contributed by atoms with E-state index in [1.165, 1.54) is 33.8 Å². The van der Waals surface area contributed by atoms with Crippen LogP contribution in [0.2, 0.25) is 0 Å². The van der Waals surface area contributed by atoms with Gasteiger partial charge in [-0.15, -0.1) is 0 Å². The van der Waals surface area contributed by atoms with Crippen molar-refractivity contribution in [3.63, 3.8) is 0 Å². The van der Waals surface area contributed by atoms with Gasteiger partial charge < -0.3 is 24.3 Å². The summed E-state index contributed by atoms with van der Waals surface area (Å²) < 4.78 is 13.6. The van der Waals surface area contributed by atoms with Gasteiger partial charge >= 0.3 is 0 Å². The standard InChI is InChI=1S/C29H28N4O2S/c1-17-11-18(2)13-22(12-17)32-19(3)14-23(20(32)4)28-27(24-7-5-6-10-30-24)31-29(36)33(28)21-8-9-25-26(15-21)35-16-34-25/h5-15,27-28H,16H2,1-4H3,(H,31,36)/t27-,28+/m1/s1. The number of thiocarbonyl (C=S) groups is 1. The van der Waals surface area contributed by atoms with E-state index < -0.39 is 0 Å². The van der Waals surface area contributed by atoms with E-state index in [9.17, 15) is 0 Å². The maximum absolute atomic E-state index is 5.92. The van der Waals surface area contributed by atoms with Gasteiger partial charge in [0.05, 0.1) is 17.8 Å². The first-order valence-corrected chi connectivity index (χ1v) is 12.5. The van der Waals surface area contributed by atoms with Gasteiger partial charge in [-0.3, -0.25) is 4.98 Å². The third-order valence-corrected chi connectivity index (χ3v) is 7.30.